The summed E-state index contributed by atoms with van der Waals surface area (Å²) in [7, 11) is 2.99. The number of carbonyl (C=O) groups excluding carboxylic acids is 4. The average molecular weight is 571 g/mol. The molecule has 4 aromatic rings. The van der Waals surface area contributed by atoms with E-state index in [-0.39, 0.29) is 12.2 Å². The minimum Gasteiger partial charge on any atom is -0.497 e. The molecule has 0 amide bonds. The van der Waals surface area contributed by atoms with Crippen LogP contribution in [0.25, 0.3) is 6.08 Å². The van der Waals surface area contributed by atoms with Crippen molar-refractivity contribution in [2.45, 2.75) is 18.3 Å². The van der Waals surface area contributed by atoms with Gasteiger partial charge < -0.3 is 9.47 Å². The second-order valence-corrected chi connectivity index (χ2v) is 10.9. The zero-order valence-corrected chi connectivity index (χ0v) is 23.9. The van der Waals surface area contributed by atoms with Gasteiger partial charge in [0.25, 0.3) is 0 Å². The number of fused-ring (bicyclic) bond motifs is 1. The molecule has 4 aromatic carbocycles. The molecule has 1 spiro atoms. The Morgan fingerprint density at radius 2 is 1.37 bits per heavy atom. The maximum atomic E-state index is 14.8. The Morgan fingerprint density at radius 3 is 1.98 bits per heavy atom. The highest BCUT2D eigenvalue weighted by Crippen LogP contribution is 2.63. The molecule has 43 heavy (non-hydrogen) atoms. The number of carbonyl (C=O) groups is 4. The van der Waals surface area contributed by atoms with Crippen molar-refractivity contribution in [3.63, 3.8) is 0 Å². The van der Waals surface area contributed by atoms with Gasteiger partial charge in [0.05, 0.1) is 20.1 Å². The summed E-state index contributed by atoms with van der Waals surface area (Å²) in [6.45, 7) is 0. The van der Waals surface area contributed by atoms with Crippen LogP contribution in [-0.4, -0.2) is 37.4 Å². The van der Waals surface area contributed by atoms with E-state index in [1.165, 1.54) is 20.3 Å². The third-order valence-electron chi connectivity index (χ3n) is 8.81. The van der Waals surface area contributed by atoms with Crippen LogP contribution in [-0.2, 0) is 9.59 Å². The number of ketones is 4. The lowest BCUT2D eigenvalue weighted by Crippen LogP contribution is -2.55. The van der Waals surface area contributed by atoms with Gasteiger partial charge in [0.2, 0.25) is 0 Å². The molecule has 0 N–H and O–H groups in total. The quantitative estimate of drug-likeness (QED) is 0.186. The second kappa shape index (κ2) is 11.3. The number of methoxy groups -OCH3 is 2. The zero-order chi connectivity index (χ0) is 30.1. The Balaban J connectivity index is 1.65. The van der Waals surface area contributed by atoms with Gasteiger partial charge in [0.15, 0.2) is 17.3 Å². The van der Waals surface area contributed by atoms with Gasteiger partial charge in [-0.2, -0.15) is 0 Å². The fraction of sp³-hybridized carbons (Fsp3) is 0.189. The summed E-state index contributed by atoms with van der Waals surface area (Å²) in [5, 5.41) is 0. The maximum Gasteiger partial charge on any atom is 0.178 e. The van der Waals surface area contributed by atoms with Crippen LogP contribution in [0.15, 0.2) is 109 Å². The number of Topliss-reactive ketones (excluding diaryl/α,β-unsaturated/α-hetero) is 3. The molecule has 6 rings (SSSR count). The minimum absolute atomic E-state index is 0.145. The summed E-state index contributed by atoms with van der Waals surface area (Å²) in [4.78, 5) is 58.1. The van der Waals surface area contributed by atoms with Crippen molar-refractivity contribution in [2.75, 3.05) is 14.2 Å². The van der Waals surface area contributed by atoms with E-state index in [2.05, 4.69) is 0 Å². The molecule has 6 heteroatoms. The van der Waals surface area contributed by atoms with Crippen molar-refractivity contribution in [3.05, 3.63) is 137 Å². The lowest BCUT2D eigenvalue weighted by atomic mass is 9.50. The molecule has 214 valence electrons. The molecule has 1 fully saturated rings. The fourth-order valence-electron chi connectivity index (χ4n) is 6.92. The van der Waals surface area contributed by atoms with Gasteiger partial charge in [-0.05, 0) is 35.4 Å². The van der Waals surface area contributed by atoms with Crippen molar-refractivity contribution in [3.8, 4) is 11.5 Å². The van der Waals surface area contributed by atoms with Crippen LogP contribution in [0.4, 0.5) is 0 Å². The first-order chi connectivity index (χ1) is 20.9. The third kappa shape index (κ3) is 4.50. The summed E-state index contributed by atoms with van der Waals surface area (Å²) in [5.74, 6) is -4.10. The predicted molar refractivity (Wildman–Crippen MR) is 163 cm³/mol. The first-order valence-electron chi connectivity index (χ1n) is 14.2. The lowest BCUT2D eigenvalue weighted by molar-refractivity contribution is -0.135. The molecule has 0 bridgehead atoms. The normalized spacial score (nSPS) is 20.8. The lowest BCUT2D eigenvalue weighted by Gasteiger charge is -2.48. The van der Waals surface area contributed by atoms with Crippen LogP contribution in [0.1, 0.15) is 55.7 Å². The summed E-state index contributed by atoms with van der Waals surface area (Å²) >= 11 is 0. The van der Waals surface area contributed by atoms with Gasteiger partial charge in [-0.25, -0.2) is 0 Å². The standard InChI is InChI=1S/C37H30O6/c1-42-25-18-20-32(43-2)28(21-25)34-33(30(38)19-17-23-11-5-3-6-12-23)31(39)22-29(24-13-7-4-8-14-24)37(34)35(40)26-15-9-10-16-27(26)36(37)41/h3-21,29,33-34H,22H2,1-2H3/b19-17+. The Hall–Kier alpha value is -5.10. The third-order valence-corrected chi connectivity index (χ3v) is 8.81. The van der Waals surface area contributed by atoms with E-state index in [9.17, 15) is 19.2 Å². The smallest absolute Gasteiger partial charge is 0.178 e. The van der Waals surface area contributed by atoms with Crippen LogP contribution < -0.4 is 9.47 Å². The number of hydrogen-bond acceptors (Lipinski definition) is 6. The van der Waals surface area contributed by atoms with E-state index in [0.717, 1.165) is 5.56 Å². The summed E-state index contributed by atoms with van der Waals surface area (Å²) in [6.07, 6.45) is 2.89. The Bertz CT molecular complexity index is 1720. The second-order valence-electron chi connectivity index (χ2n) is 10.9. The van der Waals surface area contributed by atoms with Gasteiger partial charge in [-0.1, -0.05) is 91.0 Å². The first kappa shape index (κ1) is 28.0. The van der Waals surface area contributed by atoms with E-state index in [0.29, 0.717) is 33.8 Å². The van der Waals surface area contributed by atoms with Gasteiger partial charge in [-0.15, -0.1) is 0 Å². The van der Waals surface area contributed by atoms with E-state index in [1.807, 2.05) is 60.7 Å². The molecule has 0 saturated heterocycles. The molecule has 2 aliphatic rings. The van der Waals surface area contributed by atoms with Gasteiger partial charge in [0, 0.05) is 34.9 Å². The van der Waals surface area contributed by atoms with Crippen LogP contribution in [0.3, 0.4) is 0 Å². The molecule has 0 radical (unpaired) electrons. The largest absolute Gasteiger partial charge is 0.497 e. The highest BCUT2D eigenvalue weighted by atomic mass is 16.5. The van der Waals surface area contributed by atoms with E-state index in [1.54, 1.807) is 48.5 Å². The molecule has 0 aliphatic heterocycles. The van der Waals surface area contributed by atoms with Gasteiger partial charge >= 0.3 is 0 Å². The highest BCUT2D eigenvalue weighted by Gasteiger charge is 2.68. The number of benzene rings is 4. The van der Waals surface area contributed by atoms with Gasteiger partial charge in [-0.3, -0.25) is 19.2 Å². The molecule has 2 aliphatic carbocycles. The molecule has 6 nitrogen and oxygen atoms in total. The molecule has 1 saturated carbocycles. The minimum atomic E-state index is -1.78. The van der Waals surface area contributed by atoms with E-state index < -0.39 is 40.5 Å². The summed E-state index contributed by atoms with van der Waals surface area (Å²) < 4.78 is 11.3. The van der Waals surface area contributed by atoms with Crippen LogP contribution in [0.5, 0.6) is 11.5 Å². The van der Waals surface area contributed by atoms with Crippen molar-refractivity contribution < 1.29 is 28.7 Å². The number of rotatable bonds is 7. The van der Waals surface area contributed by atoms with E-state index >= 15 is 0 Å². The van der Waals surface area contributed by atoms with Crippen LogP contribution in [0, 0.1) is 11.3 Å². The molecule has 3 unspecified atom stereocenters. The molecule has 0 heterocycles. The maximum absolute atomic E-state index is 14.8. The number of hydrogen-bond donors (Lipinski definition) is 0. The van der Waals surface area contributed by atoms with Crippen molar-refractivity contribution in [2.24, 2.45) is 11.3 Å². The molecular formula is C37H30O6. The van der Waals surface area contributed by atoms with Crippen LogP contribution >= 0.6 is 0 Å². The number of allylic oxidation sites excluding steroid dienone is 1. The number of ether oxygens (including phenoxy) is 2. The molecule has 0 aromatic heterocycles. The van der Waals surface area contributed by atoms with Crippen molar-refractivity contribution in [1.82, 2.24) is 0 Å². The van der Waals surface area contributed by atoms with E-state index in [4.69, 9.17) is 9.47 Å². The topological polar surface area (TPSA) is 86.7 Å². The monoisotopic (exact) mass is 570 g/mol. The Morgan fingerprint density at radius 1 is 0.767 bits per heavy atom. The van der Waals surface area contributed by atoms with Gasteiger partial charge in [0.1, 0.15) is 22.7 Å². The SMILES string of the molecule is COc1ccc(OC)c(C2C(C(=O)/C=C/c3ccccc3)C(=O)CC(c3ccccc3)C23C(=O)c2ccccc2C3=O)c1. The average Bonchev–Trinajstić information content (AvgIpc) is 3.27. The van der Waals surface area contributed by atoms with Crippen molar-refractivity contribution in [1.29, 1.82) is 0 Å². The molecular weight excluding hydrogens is 540 g/mol. The molecule has 3 atom stereocenters. The highest BCUT2D eigenvalue weighted by molar-refractivity contribution is 6.32. The Kier molecular flexibility index (Phi) is 7.36. The Labute approximate surface area is 250 Å². The first-order valence-corrected chi connectivity index (χ1v) is 14.2. The summed E-state index contributed by atoms with van der Waals surface area (Å²) in [5.41, 5.74) is 0.674. The zero-order valence-electron chi connectivity index (χ0n) is 23.9. The predicted octanol–water partition coefficient (Wildman–Crippen LogP) is 6.51. The van der Waals surface area contributed by atoms with Crippen LogP contribution in [0.2, 0.25) is 0 Å². The summed E-state index contributed by atoms with van der Waals surface area (Å²) in [6, 6.07) is 30.2. The fourth-order valence-corrected chi connectivity index (χ4v) is 6.92. The van der Waals surface area contributed by atoms with Crippen molar-refractivity contribution >= 4 is 29.2 Å².